The lowest BCUT2D eigenvalue weighted by atomic mass is 9.98. The summed E-state index contributed by atoms with van der Waals surface area (Å²) in [6.07, 6.45) is 6.91. The average Bonchev–Trinajstić information content (AvgIpc) is 4.09. The molecular formula is C50H87N9O10S. The SMILES string of the molecule is CSCC[C@H](NC(=O)[C@H](CC(C)C)NC(=O)[C@@H]1CCCN1C(=O)[C@@H]1CCCN1C(=O)[C@@H]1CCCN1)C(=O)N[C@@H](CC(C)C)C(=O)N[C@@H](CC(C)C)C(=O)N[C@@H](CC(C)C)C(=O)N[C@@H](CC(C)C)C(=O)O. The number of aliphatic carboxylic acids is 1. The number of likely N-dealkylation sites (tertiary alicyclic amines) is 2. The van der Waals surface area contributed by atoms with E-state index < -0.39 is 89.7 Å². The molecule has 0 radical (unpaired) electrons. The molecule has 3 rings (SSSR count). The zero-order valence-corrected chi connectivity index (χ0v) is 44.6. The van der Waals surface area contributed by atoms with Crippen LogP contribution >= 0.6 is 11.8 Å². The fourth-order valence-electron chi connectivity index (χ4n) is 9.52. The van der Waals surface area contributed by atoms with Gasteiger partial charge in [-0.15, -0.1) is 0 Å². The molecule has 20 heteroatoms. The summed E-state index contributed by atoms with van der Waals surface area (Å²) in [5.41, 5.74) is 0. The molecule has 0 saturated carbocycles. The molecule has 3 saturated heterocycles. The largest absolute Gasteiger partial charge is 0.480 e. The Morgan fingerprint density at radius 2 is 0.871 bits per heavy atom. The monoisotopic (exact) mass is 1010 g/mol. The van der Waals surface area contributed by atoms with Crippen molar-refractivity contribution in [1.29, 1.82) is 0 Å². The van der Waals surface area contributed by atoms with Gasteiger partial charge < -0.3 is 52.1 Å². The number of carbonyl (C=O) groups excluding carboxylic acids is 8. The summed E-state index contributed by atoms with van der Waals surface area (Å²) in [5.74, 6) is -4.94. The Morgan fingerprint density at radius 3 is 1.27 bits per heavy atom. The van der Waals surface area contributed by atoms with Gasteiger partial charge in [-0.3, -0.25) is 38.4 Å². The number of rotatable bonds is 28. The fourth-order valence-corrected chi connectivity index (χ4v) is 9.99. The van der Waals surface area contributed by atoms with E-state index in [2.05, 4.69) is 37.2 Å². The van der Waals surface area contributed by atoms with Gasteiger partial charge in [-0.2, -0.15) is 11.8 Å². The number of hydrogen-bond donors (Lipinski definition) is 8. The maximum atomic E-state index is 14.2. The molecule has 70 heavy (non-hydrogen) atoms. The number of carboxylic acids is 1. The molecule has 0 bridgehead atoms. The average molecular weight is 1010 g/mol. The summed E-state index contributed by atoms with van der Waals surface area (Å²) in [6.45, 7) is 20.4. The van der Waals surface area contributed by atoms with Gasteiger partial charge in [0.05, 0.1) is 6.04 Å². The van der Waals surface area contributed by atoms with Gasteiger partial charge in [-0.1, -0.05) is 69.2 Å². The second-order valence-corrected chi connectivity index (χ2v) is 22.6. The first-order valence-electron chi connectivity index (χ1n) is 25.8. The van der Waals surface area contributed by atoms with Crippen LogP contribution in [0.2, 0.25) is 0 Å². The normalized spacial score (nSPS) is 20.8. The minimum atomic E-state index is -1.18. The second kappa shape index (κ2) is 29.2. The number of carboxylic acid groups (broad SMARTS) is 1. The number of nitrogens with zero attached hydrogens (tertiary/aromatic N) is 2. The fraction of sp³-hybridized carbons (Fsp3) is 0.820. The van der Waals surface area contributed by atoms with Gasteiger partial charge in [0.15, 0.2) is 0 Å². The first-order valence-corrected chi connectivity index (χ1v) is 27.2. The van der Waals surface area contributed by atoms with E-state index in [9.17, 15) is 48.3 Å². The first kappa shape index (κ1) is 59.8. The van der Waals surface area contributed by atoms with Crippen LogP contribution in [0.1, 0.15) is 146 Å². The van der Waals surface area contributed by atoms with Crippen LogP contribution in [0.25, 0.3) is 0 Å². The quantitative estimate of drug-likeness (QED) is 0.0563. The van der Waals surface area contributed by atoms with Crippen LogP contribution in [0.15, 0.2) is 0 Å². The van der Waals surface area contributed by atoms with Crippen molar-refractivity contribution in [1.82, 2.24) is 47.0 Å². The van der Waals surface area contributed by atoms with E-state index >= 15 is 0 Å². The molecule has 0 aromatic carbocycles. The molecule has 3 aliphatic heterocycles. The van der Waals surface area contributed by atoms with Crippen LogP contribution in [-0.4, -0.2) is 154 Å². The number of thioether (sulfide) groups is 1. The van der Waals surface area contributed by atoms with Gasteiger partial charge in [-0.05, 0) is 125 Å². The summed E-state index contributed by atoms with van der Waals surface area (Å²) < 4.78 is 0. The molecule has 3 aliphatic rings. The van der Waals surface area contributed by atoms with Crippen LogP contribution in [-0.2, 0) is 43.2 Å². The van der Waals surface area contributed by atoms with Crippen molar-refractivity contribution < 1.29 is 48.3 Å². The maximum Gasteiger partial charge on any atom is 0.326 e. The maximum absolute atomic E-state index is 14.2. The lowest BCUT2D eigenvalue weighted by molar-refractivity contribution is -0.147. The first-order chi connectivity index (χ1) is 32.9. The minimum absolute atomic E-state index is 0.0170. The topological polar surface area (TPSA) is 265 Å². The highest BCUT2D eigenvalue weighted by Gasteiger charge is 2.44. The zero-order valence-electron chi connectivity index (χ0n) is 43.8. The predicted octanol–water partition coefficient (Wildman–Crippen LogP) is 2.70. The standard InChI is InChI=1S/C50H87N9O10S/c1-28(2)23-35(44(62)54-36(24-29(3)4)45(63)55-37(25-30(5)6)46(64)57-39(50(68)69)27-32(9)10)53-42(60)33(18-22-70-11)52-43(61)38(26-31(7)8)56-47(65)40-16-13-20-58(40)49(67)41-17-14-21-59(41)48(66)34-15-12-19-51-34/h28-41,51H,12-27H2,1-11H3,(H,52,61)(H,53,60)(H,54,62)(H,55,63)(H,56,65)(H,57,64)(H,68,69)/t33-,34-,35-,36-,37-,38-,39-,40-,41-/m0/s1. The van der Waals surface area contributed by atoms with E-state index in [1.54, 1.807) is 9.80 Å². The highest BCUT2D eigenvalue weighted by Crippen LogP contribution is 2.27. The van der Waals surface area contributed by atoms with Crippen molar-refractivity contribution in [2.24, 2.45) is 29.6 Å². The predicted molar refractivity (Wildman–Crippen MR) is 270 cm³/mol. The van der Waals surface area contributed by atoms with Crippen molar-refractivity contribution in [2.75, 3.05) is 31.6 Å². The smallest absolute Gasteiger partial charge is 0.326 e. The van der Waals surface area contributed by atoms with Crippen LogP contribution in [0.3, 0.4) is 0 Å². The summed E-state index contributed by atoms with van der Waals surface area (Å²) in [5, 5.41) is 29.8. The molecule has 8 N–H and O–H groups in total. The molecule has 0 aliphatic carbocycles. The van der Waals surface area contributed by atoms with Crippen molar-refractivity contribution in [3.05, 3.63) is 0 Å². The number of amides is 8. The van der Waals surface area contributed by atoms with Crippen LogP contribution < -0.4 is 37.2 Å². The molecule has 0 aromatic rings. The third kappa shape index (κ3) is 18.9. The van der Waals surface area contributed by atoms with E-state index in [0.717, 1.165) is 19.4 Å². The lowest BCUT2D eigenvalue weighted by Gasteiger charge is -2.33. The van der Waals surface area contributed by atoms with Crippen molar-refractivity contribution in [2.45, 2.75) is 201 Å². The molecule has 0 unspecified atom stereocenters. The van der Waals surface area contributed by atoms with Gasteiger partial charge in [0.25, 0.3) is 0 Å². The Hall–Kier alpha value is -4.46. The van der Waals surface area contributed by atoms with Crippen LogP contribution in [0, 0.1) is 29.6 Å². The minimum Gasteiger partial charge on any atom is -0.480 e. The molecule has 0 spiro atoms. The van der Waals surface area contributed by atoms with E-state index in [1.165, 1.54) is 11.8 Å². The summed E-state index contributed by atoms with van der Waals surface area (Å²) in [6, 6.07) is -8.41. The molecule has 8 amide bonds. The highest BCUT2D eigenvalue weighted by atomic mass is 32.2. The Kier molecular flexibility index (Phi) is 24.9. The van der Waals surface area contributed by atoms with E-state index in [4.69, 9.17) is 0 Å². The number of hydrogen-bond acceptors (Lipinski definition) is 11. The van der Waals surface area contributed by atoms with Crippen LogP contribution in [0.4, 0.5) is 0 Å². The molecule has 19 nitrogen and oxygen atoms in total. The van der Waals surface area contributed by atoms with Crippen molar-refractivity contribution in [3.8, 4) is 0 Å². The summed E-state index contributed by atoms with van der Waals surface area (Å²) in [7, 11) is 0. The van der Waals surface area contributed by atoms with Gasteiger partial charge in [0.1, 0.15) is 48.3 Å². The highest BCUT2D eigenvalue weighted by molar-refractivity contribution is 7.98. The Balaban J connectivity index is 1.78. The number of nitrogens with one attached hydrogen (secondary N) is 7. The second-order valence-electron chi connectivity index (χ2n) is 21.7. The van der Waals surface area contributed by atoms with E-state index in [-0.39, 0.29) is 86.0 Å². The molecule has 0 aromatic heterocycles. The zero-order chi connectivity index (χ0) is 52.4. The van der Waals surface area contributed by atoms with Crippen LogP contribution in [0.5, 0.6) is 0 Å². The Bertz CT molecular complexity index is 1790. The third-order valence-electron chi connectivity index (χ3n) is 12.9. The van der Waals surface area contributed by atoms with Gasteiger partial charge in [0.2, 0.25) is 47.3 Å². The lowest BCUT2D eigenvalue weighted by Crippen LogP contribution is -2.60. The third-order valence-corrected chi connectivity index (χ3v) is 13.6. The van der Waals surface area contributed by atoms with Gasteiger partial charge in [0, 0.05) is 13.1 Å². The number of carbonyl (C=O) groups is 9. The van der Waals surface area contributed by atoms with Crippen molar-refractivity contribution in [3.63, 3.8) is 0 Å². The van der Waals surface area contributed by atoms with E-state index in [0.29, 0.717) is 44.5 Å². The Morgan fingerprint density at radius 1 is 0.500 bits per heavy atom. The van der Waals surface area contributed by atoms with Gasteiger partial charge >= 0.3 is 5.97 Å². The Labute approximate surface area is 420 Å². The summed E-state index contributed by atoms with van der Waals surface area (Å²) >= 11 is 1.47. The molecular weight excluding hydrogens is 919 g/mol. The molecule has 3 heterocycles. The molecule has 398 valence electrons. The van der Waals surface area contributed by atoms with Crippen molar-refractivity contribution >= 4 is 65.0 Å². The van der Waals surface area contributed by atoms with E-state index in [1.807, 2.05) is 75.5 Å². The molecule has 3 fully saturated rings. The van der Waals surface area contributed by atoms with Gasteiger partial charge in [-0.25, -0.2) is 4.79 Å². The summed E-state index contributed by atoms with van der Waals surface area (Å²) in [4.78, 5) is 127. The molecule has 9 atom stereocenters.